The standard InChI is InChI=1S/C11H17N3O2/c1-7-10(8(2)14(3)13-7)4-11(15)12-9-5-16-6-9/h9H,4-6H2,1-3H3,(H,12,15). The second-order valence-electron chi connectivity index (χ2n) is 4.25. The lowest BCUT2D eigenvalue weighted by Crippen LogP contribution is -2.49. The summed E-state index contributed by atoms with van der Waals surface area (Å²) < 4.78 is 6.82. The molecule has 1 aromatic heterocycles. The van der Waals surface area contributed by atoms with E-state index in [9.17, 15) is 4.79 Å². The predicted molar refractivity (Wildman–Crippen MR) is 59.1 cm³/mol. The number of hydrogen-bond donors (Lipinski definition) is 1. The zero-order valence-electron chi connectivity index (χ0n) is 9.91. The third kappa shape index (κ3) is 2.09. The molecule has 0 aromatic carbocycles. The molecule has 1 N–H and O–H groups in total. The number of nitrogens with one attached hydrogen (secondary N) is 1. The van der Waals surface area contributed by atoms with Crippen molar-refractivity contribution in [3.05, 3.63) is 17.0 Å². The summed E-state index contributed by atoms with van der Waals surface area (Å²) in [6.07, 6.45) is 0.405. The zero-order chi connectivity index (χ0) is 11.7. The van der Waals surface area contributed by atoms with E-state index in [4.69, 9.17) is 4.74 Å². The Balaban J connectivity index is 1.99. The van der Waals surface area contributed by atoms with Gasteiger partial charge in [0.2, 0.25) is 5.91 Å². The lowest BCUT2D eigenvalue weighted by atomic mass is 10.1. The minimum atomic E-state index is 0.0486. The Kier molecular flexibility index (Phi) is 2.96. The molecule has 0 saturated carbocycles. The normalized spacial score (nSPS) is 15.9. The van der Waals surface area contributed by atoms with Crippen molar-refractivity contribution < 1.29 is 9.53 Å². The Bertz CT molecular complexity index is 408. The van der Waals surface area contributed by atoms with Crippen molar-refractivity contribution in [2.75, 3.05) is 13.2 Å². The van der Waals surface area contributed by atoms with Gasteiger partial charge in [0.25, 0.3) is 0 Å². The van der Waals surface area contributed by atoms with Gasteiger partial charge in [0, 0.05) is 18.3 Å². The number of ether oxygens (including phenoxy) is 1. The van der Waals surface area contributed by atoms with Gasteiger partial charge in [-0.25, -0.2) is 0 Å². The molecule has 1 fully saturated rings. The van der Waals surface area contributed by atoms with Crippen LogP contribution in [0.2, 0.25) is 0 Å². The van der Waals surface area contributed by atoms with Crippen LogP contribution < -0.4 is 5.32 Å². The third-order valence-electron chi connectivity index (χ3n) is 3.00. The average Bonchev–Trinajstić information content (AvgIpc) is 2.39. The molecule has 1 aromatic rings. The van der Waals surface area contributed by atoms with Crippen molar-refractivity contribution in [3.63, 3.8) is 0 Å². The summed E-state index contributed by atoms with van der Waals surface area (Å²) in [6, 6.07) is 0.199. The highest BCUT2D eigenvalue weighted by Crippen LogP contribution is 2.12. The van der Waals surface area contributed by atoms with Crippen LogP contribution in [0.5, 0.6) is 0 Å². The van der Waals surface area contributed by atoms with Crippen LogP contribution in [0.15, 0.2) is 0 Å². The molecule has 1 aliphatic heterocycles. The number of aryl methyl sites for hydroxylation is 2. The van der Waals surface area contributed by atoms with E-state index in [1.165, 1.54) is 0 Å². The zero-order valence-corrected chi connectivity index (χ0v) is 9.91. The molecule has 2 rings (SSSR count). The first-order valence-corrected chi connectivity index (χ1v) is 5.44. The van der Waals surface area contributed by atoms with Crippen molar-refractivity contribution in [2.45, 2.75) is 26.3 Å². The fourth-order valence-corrected chi connectivity index (χ4v) is 1.83. The van der Waals surface area contributed by atoms with E-state index in [1.807, 2.05) is 25.6 Å². The molecule has 0 bridgehead atoms. The maximum absolute atomic E-state index is 11.7. The van der Waals surface area contributed by atoms with E-state index in [0.29, 0.717) is 19.6 Å². The molecule has 1 saturated heterocycles. The highest BCUT2D eigenvalue weighted by molar-refractivity contribution is 5.79. The maximum Gasteiger partial charge on any atom is 0.224 e. The lowest BCUT2D eigenvalue weighted by molar-refractivity contribution is -0.124. The summed E-state index contributed by atoms with van der Waals surface area (Å²) in [7, 11) is 1.89. The van der Waals surface area contributed by atoms with Crippen LogP contribution >= 0.6 is 0 Å². The topological polar surface area (TPSA) is 56.2 Å². The van der Waals surface area contributed by atoms with Crippen LogP contribution in [0.25, 0.3) is 0 Å². The molecular weight excluding hydrogens is 206 g/mol. The van der Waals surface area contributed by atoms with E-state index >= 15 is 0 Å². The van der Waals surface area contributed by atoms with Crippen molar-refractivity contribution in [2.24, 2.45) is 7.05 Å². The van der Waals surface area contributed by atoms with Crippen LogP contribution in [-0.2, 0) is 23.0 Å². The van der Waals surface area contributed by atoms with Crippen molar-refractivity contribution >= 4 is 5.91 Å². The quantitative estimate of drug-likeness (QED) is 0.790. The maximum atomic E-state index is 11.7. The van der Waals surface area contributed by atoms with Crippen LogP contribution in [-0.4, -0.2) is 34.9 Å². The highest BCUT2D eigenvalue weighted by atomic mass is 16.5. The summed E-state index contributed by atoms with van der Waals surface area (Å²) in [6.45, 7) is 5.19. The molecule has 0 unspecified atom stereocenters. The Hall–Kier alpha value is -1.36. The number of amides is 1. The fraction of sp³-hybridized carbons (Fsp3) is 0.636. The number of carbonyl (C=O) groups is 1. The molecule has 5 nitrogen and oxygen atoms in total. The Morgan fingerprint density at radius 1 is 1.56 bits per heavy atom. The minimum Gasteiger partial charge on any atom is -0.377 e. The molecule has 1 aliphatic rings. The van der Waals surface area contributed by atoms with Crippen molar-refractivity contribution in [3.8, 4) is 0 Å². The van der Waals surface area contributed by atoms with Crippen molar-refractivity contribution in [1.29, 1.82) is 0 Å². The second kappa shape index (κ2) is 4.25. The van der Waals surface area contributed by atoms with Gasteiger partial charge < -0.3 is 10.1 Å². The molecule has 16 heavy (non-hydrogen) atoms. The Morgan fingerprint density at radius 2 is 2.25 bits per heavy atom. The Morgan fingerprint density at radius 3 is 2.69 bits per heavy atom. The molecule has 2 heterocycles. The number of nitrogens with zero attached hydrogens (tertiary/aromatic N) is 2. The average molecular weight is 223 g/mol. The first-order chi connectivity index (χ1) is 7.58. The van der Waals surface area contributed by atoms with Gasteiger partial charge in [-0.1, -0.05) is 0 Å². The molecular formula is C11H17N3O2. The number of carbonyl (C=O) groups excluding carboxylic acids is 1. The summed E-state index contributed by atoms with van der Waals surface area (Å²) in [4.78, 5) is 11.7. The van der Waals surface area contributed by atoms with Crippen LogP contribution in [0, 0.1) is 13.8 Å². The third-order valence-corrected chi connectivity index (χ3v) is 3.00. The van der Waals surface area contributed by atoms with Gasteiger partial charge in [0.15, 0.2) is 0 Å². The van der Waals surface area contributed by atoms with E-state index in [1.54, 1.807) is 0 Å². The monoisotopic (exact) mass is 223 g/mol. The number of rotatable bonds is 3. The van der Waals surface area contributed by atoms with E-state index < -0.39 is 0 Å². The summed E-state index contributed by atoms with van der Waals surface area (Å²) in [5.41, 5.74) is 3.01. The molecule has 0 aliphatic carbocycles. The van der Waals surface area contributed by atoms with Gasteiger partial charge in [0.05, 0.1) is 31.4 Å². The lowest BCUT2D eigenvalue weighted by Gasteiger charge is -2.26. The first kappa shape index (κ1) is 11.1. The highest BCUT2D eigenvalue weighted by Gasteiger charge is 2.21. The summed E-state index contributed by atoms with van der Waals surface area (Å²) in [5, 5.41) is 7.22. The molecule has 1 amide bonds. The summed E-state index contributed by atoms with van der Waals surface area (Å²) >= 11 is 0. The molecule has 0 spiro atoms. The number of aromatic nitrogens is 2. The Labute approximate surface area is 94.8 Å². The van der Waals surface area contributed by atoms with Gasteiger partial charge >= 0.3 is 0 Å². The fourth-order valence-electron chi connectivity index (χ4n) is 1.83. The van der Waals surface area contributed by atoms with Crippen molar-refractivity contribution in [1.82, 2.24) is 15.1 Å². The van der Waals surface area contributed by atoms with Gasteiger partial charge in [-0.3, -0.25) is 9.48 Å². The number of hydrogen-bond acceptors (Lipinski definition) is 3. The van der Waals surface area contributed by atoms with Crippen LogP contribution in [0.4, 0.5) is 0 Å². The minimum absolute atomic E-state index is 0.0486. The van der Waals surface area contributed by atoms with E-state index in [0.717, 1.165) is 17.0 Å². The second-order valence-corrected chi connectivity index (χ2v) is 4.25. The predicted octanol–water partition coefficient (Wildman–Crippen LogP) is 0.0944. The van der Waals surface area contributed by atoms with Crippen LogP contribution in [0.3, 0.4) is 0 Å². The largest absolute Gasteiger partial charge is 0.377 e. The van der Waals surface area contributed by atoms with Gasteiger partial charge in [-0.15, -0.1) is 0 Å². The molecule has 88 valence electrons. The first-order valence-electron chi connectivity index (χ1n) is 5.44. The molecule has 0 radical (unpaired) electrons. The summed E-state index contributed by atoms with van der Waals surface area (Å²) in [5.74, 6) is 0.0486. The molecule has 5 heteroatoms. The van der Waals surface area contributed by atoms with E-state index in [2.05, 4.69) is 10.4 Å². The van der Waals surface area contributed by atoms with Gasteiger partial charge in [-0.2, -0.15) is 5.10 Å². The SMILES string of the molecule is Cc1nn(C)c(C)c1CC(=O)NC1COC1. The van der Waals surface area contributed by atoms with Gasteiger partial charge in [0.1, 0.15) is 0 Å². The molecule has 0 atom stereocenters. The van der Waals surface area contributed by atoms with E-state index in [-0.39, 0.29) is 11.9 Å². The van der Waals surface area contributed by atoms with Gasteiger partial charge in [-0.05, 0) is 13.8 Å². The smallest absolute Gasteiger partial charge is 0.224 e. The van der Waals surface area contributed by atoms with Crippen LogP contribution in [0.1, 0.15) is 17.0 Å².